The zero-order valence-electron chi connectivity index (χ0n) is 13.2. The number of rotatable bonds is 5. The van der Waals surface area contributed by atoms with Crippen LogP contribution in [0.1, 0.15) is 6.42 Å². The molecule has 3 rings (SSSR count). The maximum Gasteiger partial charge on any atom is 0.387 e. The van der Waals surface area contributed by atoms with Crippen molar-refractivity contribution in [1.82, 2.24) is 10.3 Å². The van der Waals surface area contributed by atoms with E-state index in [1.165, 1.54) is 18.3 Å². The van der Waals surface area contributed by atoms with Crippen molar-refractivity contribution in [2.45, 2.75) is 19.1 Å². The van der Waals surface area contributed by atoms with E-state index in [-0.39, 0.29) is 24.3 Å². The fourth-order valence-corrected chi connectivity index (χ4v) is 2.79. The number of amides is 2. The molecule has 6 nitrogen and oxygen atoms in total. The number of carbonyl (C=O) groups excluding carboxylic acids is 1. The summed E-state index contributed by atoms with van der Waals surface area (Å²) in [4.78, 5) is 16.3. The van der Waals surface area contributed by atoms with Gasteiger partial charge < -0.3 is 20.5 Å². The lowest BCUT2D eigenvalue weighted by atomic mass is 10.1. The first kappa shape index (κ1) is 17.1. The van der Waals surface area contributed by atoms with Crippen LogP contribution in [-0.4, -0.2) is 35.4 Å². The number of hydrogen-bond acceptors (Lipinski definition) is 4. The number of carbonyl (C=O) groups is 1. The lowest BCUT2D eigenvalue weighted by molar-refractivity contribution is -0.0488. The first-order chi connectivity index (χ1) is 12.1. The molecule has 0 fully saturated rings. The van der Waals surface area contributed by atoms with Crippen molar-refractivity contribution in [2.75, 3.05) is 11.9 Å². The smallest absolute Gasteiger partial charge is 0.387 e. The van der Waals surface area contributed by atoms with Gasteiger partial charge in [-0.15, -0.1) is 0 Å². The van der Waals surface area contributed by atoms with Gasteiger partial charge in [-0.05, 0) is 30.7 Å². The molecule has 0 spiro atoms. The van der Waals surface area contributed by atoms with Crippen LogP contribution < -0.4 is 15.4 Å². The van der Waals surface area contributed by atoms with Crippen LogP contribution in [0.25, 0.3) is 10.9 Å². The second-order valence-corrected chi connectivity index (χ2v) is 5.66. The summed E-state index contributed by atoms with van der Waals surface area (Å²) < 4.78 is 29.5. The van der Waals surface area contributed by atoms with Crippen molar-refractivity contribution in [2.24, 2.45) is 5.92 Å². The van der Waals surface area contributed by atoms with E-state index in [1.54, 1.807) is 12.1 Å². The molecule has 8 heteroatoms. The summed E-state index contributed by atoms with van der Waals surface area (Å²) in [5.41, 5.74) is 0.737. The lowest BCUT2D eigenvalue weighted by Crippen LogP contribution is -2.36. The van der Waals surface area contributed by atoms with Gasteiger partial charge in [-0.2, -0.15) is 8.78 Å². The van der Waals surface area contributed by atoms with Crippen molar-refractivity contribution in [3.8, 4) is 5.75 Å². The number of halogens is 2. The zero-order valence-corrected chi connectivity index (χ0v) is 13.2. The number of benzene rings is 1. The van der Waals surface area contributed by atoms with Gasteiger partial charge >= 0.3 is 12.6 Å². The Morgan fingerprint density at radius 3 is 2.92 bits per heavy atom. The topological polar surface area (TPSA) is 83.5 Å². The Morgan fingerprint density at radius 1 is 1.36 bits per heavy atom. The number of fused-ring (bicyclic) bond motifs is 1. The number of aliphatic hydroxyl groups is 1. The highest BCUT2D eigenvalue weighted by Gasteiger charge is 2.20. The molecule has 1 aromatic carbocycles. The summed E-state index contributed by atoms with van der Waals surface area (Å²) in [6.07, 6.45) is 5.82. The van der Waals surface area contributed by atoms with Crippen LogP contribution in [0.5, 0.6) is 5.75 Å². The molecule has 1 heterocycles. The third-order valence-electron chi connectivity index (χ3n) is 3.92. The third kappa shape index (κ3) is 4.03. The average molecular weight is 349 g/mol. The Kier molecular flexibility index (Phi) is 5.08. The highest BCUT2D eigenvalue weighted by molar-refractivity contribution is 6.01. The van der Waals surface area contributed by atoms with E-state index in [9.17, 15) is 13.6 Å². The van der Waals surface area contributed by atoms with E-state index in [0.717, 1.165) is 0 Å². The Morgan fingerprint density at radius 2 is 2.20 bits per heavy atom. The lowest BCUT2D eigenvalue weighted by Gasteiger charge is -2.15. The number of anilines is 1. The number of pyridine rings is 1. The molecule has 0 radical (unpaired) electrons. The normalized spacial score (nSPS) is 19.4. The number of ether oxygens (including phenoxy) is 1. The van der Waals surface area contributed by atoms with Gasteiger partial charge in [0.05, 0.1) is 11.2 Å². The molecule has 0 unspecified atom stereocenters. The summed E-state index contributed by atoms with van der Waals surface area (Å²) >= 11 is 0. The van der Waals surface area contributed by atoms with Crippen molar-refractivity contribution in [1.29, 1.82) is 0 Å². The minimum absolute atomic E-state index is 0.00595. The Hall–Kier alpha value is -2.74. The summed E-state index contributed by atoms with van der Waals surface area (Å²) in [6.45, 7) is -2.91. The Bertz CT molecular complexity index is 798. The van der Waals surface area contributed by atoms with Gasteiger partial charge in [-0.25, -0.2) is 4.79 Å². The zero-order chi connectivity index (χ0) is 17.8. The summed E-state index contributed by atoms with van der Waals surface area (Å²) in [6, 6.07) is 5.41. The predicted octanol–water partition coefficient (Wildman–Crippen LogP) is 2.89. The third-order valence-corrected chi connectivity index (χ3v) is 3.92. The maximum atomic E-state index is 12.5. The van der Waals surface area contributed by atoms with Gasteiger partial charge in [0.1, 0.15) is 5.75 Å². The molecule has 0 aliphatic heterocycles. The molecule has 1 aromatic heterocycles. The number of nitrogens with one attached hydrogen (secondary N) is 2. The Labute approximate surface area is 142 Å². The van der Waals surface area contributed by atoms with Crippen LogP contribution in [0.2, 0.25) is 0 Å². The Balaban J connectivity index is 1.75. The minimum Gasteiger partial charge on any atom is -0.434 e. The van der Waals surface area contributed by atoms with Crippen LogP contribution >= 0.6 is 0 Å². The first-order valence-electron chi connectivity index (χ1n) is 7.76. The van der Waals surface area contributed by atoms with Crippen LogP contribution in [0.15, 0.2) is 42.6 Å². The van der Waals surface area contributed by atoms with Crippen LogP contribution in [0.3, 0.4) is 0 Å². The van der Waals surface area contributed by atoms with Crippen LogP contribution in [0, 0.1) is 5.92 Å². The quantitative estimate of drug-likeness (QED) is 0.725. The molecule has 3 N–H and O–H groups in total. The molecule has 2 amide bonds. The van der Waals surface area contributed by atoms with Gasteiger partial charge in [0.25, 0.3) is 0 Å². The summed E-state index contributed by atoms with van der Waals surface area (Å²) in [5, 5.41) is 14.9. The standard InChI is InChI=1S/C17H17F2N3O3/c18-16(19)25-14-6-5-13(15-12(14)2-1-7-20-15)22-17(24)21-11-4-3-10(8-11)9-23/h1-7,10-11,16,23H,8-9H2,(H2,21,22,24)/t10-,11+/m0/s1. The van der Waals surface area contributed by atoms with E-state index < -0.39 is 12.6 Å². The molecule has 2 aromatic rings. The molecular formula is C17H17F2N3O3. The second kappa shape index (κ2) is 7.43. The van der Waals surface area contributed by atoms with E-state index in [0.29, 0.717) is 23.0 Å². The highest BCUT2D eigenvalue weighted by Crippen LogP contribution is 2.31. The molecule has 1 aliphatic carbocycles. The first-order valence-corrected chi connectivity index (χ1v) is 7.76. The minimum atomic E-state index is -2.95. The van der Waals surface area contributed by atoms with Crippen LogP contribution in [0.4, 0.5) is 19.3 Å². The summed E-state index contributed by atoms with van der Waals surface area (Å²) in [7, 11) is 0. The van der Waals surface area contributed by atoms with Crippen molar-refractivity contribution >= 4 is 22.6 Å². The molecule has 1 aliphatic rings. The van der Waals surface area contributed by atoms with E-state index in [4.69, 9.17) is 5.11 Å². The van der Waals surface area contributed by atoms with Crippen molar-refractivity contribution in [3.05, 3.63) is 42.6 Å². The van der Waals surface area contributed by atoms with Crippen molar-refractivity contribution < 1.29 is 23.4 Å². The van der Waals surface area contributed by atoms with Gasteiger partial charge in [0, 0.05) is 30.1 Å². The second-order valence-electron chi connectivity index (χ2n) is 5.66. The number of urea groups is 1. The monoisotopic (exact) mass is 349 g/mol. The number of aliphatic hydroxyl groups excluding tert-OH is 1. The fourth-order valence-electron chi connectivity index (χ4n) is 2.79. The highest BCUT2D eigenvalue weighted by atomic mass is 19.3. The number of nitrogens with zero attached hydrogens (tertiary/aromatic N) is 1. The molecule has 0 saturated heterocycles. The molecular weight excluding hydrogens is 332 g/mol. The van der Waals surface area contributed by atoms with E-state index in [1.807, 2.05) is 12.2 Å². The predicted molar refractivity (Wildman–Crippen MR) is 88.7 cm³/mol. The van der Waals surface area contributed by atoms with Gasteiger partial charge in [0.15, 0.2) is 0 Å². The molecule has 132 valence electrons. The van der Waals surface area contributed by atoms with Crippen molar-refractivity contribution in [3.63, 3.8) is 0 Å². The number of alkyl halides is 2. The SMILES string of the molecule is O=C(Nc1ccc(OC(F)F)c2cccnc12)N[C@@H]1C=C[C@H](CO)C1. The molecule has 0 saturated carbocycles. The van der Waals surface area contributed by atoms with E-state index >= 15 is 0 Å². The van der Waals surface area contributed by atoms with E-state index in [2.05, 4.69) is 20.4 Å². The average Bonchev–Trinajstić information content (AvgIpc) is 3.04. The fraction of sp³-hybridized carbons (Fsp3) is 0.294. The van der Waals surface area contributed by atoms with Gasteiger partial charge in [0.2, 0.25) is 0 Å². The number of aromatic nitrogens is 1. The molecule has 0 bridgehead atoms. The van der Waals surface area contributed by atoms with Gasteiger partial charge in [-0.3, -0.25) is 4.98 Å². The van der Waals surface area contributed by atoms with Gasteiger partial charge in [-0.1, -0.05) is 12.2 Å². The van der Waals surface area contributed by atoms with Crippen LogP contribution in [-0.2, 0) is 0 Å². The maximum absolute atomic E-state index is 12.5. The molecule has 25 heavy (non-hydrogen) atoms. The number of hydrogen-bond donors (Lipinski definition) is 3. The summed E-state index contributed by atoms with van der Waals surface area (Å²) in [5.74, 6) is 0.0344. The molecule has 2 atom stereocenters. The largest absolute Gasteiger partial charge is 0.434 e.